The molecule has 0 bridgehead atoms. The van der Waals surface area contributed by atoms with Crippen LogP contribution in [0.4, 0.5) is 0 Å². The number of aliphatic imine (C=N–C) groups is 1. The Morgan fingerprint density at radius 3 is 2.85 bits per heavy atom. The van der Waals surface area contributed by atoms with Gasteiger partial charge in [0, 0.05) is 6.54 Å². The first kappa shape index (κ1) is 9.19. The summed E-state index contributed by atoms with van der Waals surface area (Å²) in [5.41, 5.74) is 6.16. The molecule has 2 rings (SSSR count). The molecule has 0 aromatic rings. The summed E-state index contributed by atoms with van der Waals surface area (Å²) in [7, 11) is 0. The average molecular weight is 199 g/mol. The lowest BCUT2D eigenvalue weighted by atomic mass is 9.91. The average Bonchev–Trinajstić information content (AvgIpc) is 2.45. The molecule has 2 N–H and O–H groups in total. The van der Waals surface area contributed by atoms with Crippen LogP contribution in [0.5, 0.6) is 0 Å². The van der Waals surface area contributed by atoms with Gasteiger partial charge in [0.2, 0.25) is 0 Å². The number of nitrogens with two attached hydrogens (primary N) is 1. The molecule has 1 fully saturated rings. The van der Waals surface area contributed by atoms with Gasteiger partial charge in [-0.15, -0.1) is 0 Å². The highest BCUT2D eigenvalue weighted by Crippen LogP contribution is 2.35. The molecule has 0 aromatic heterocycles. The van der Waals surface area contributed by atoms with Crippen molar-refractivity contribution in [2.24, 2.45) is 10.7 Å². The second kappa shape index (κ2) is 3.40. The summed E-state index contributed by atoms with van der Waals surface area (Å²) >= 11 is 2.05. The van der Waals surface area contributed by atoms with Crippen LogP contribution in [0.2, 0.25) is 0 Å². The molecule has 74 valence electrons. The number of hydrogen-bond acceptors (Lipinski definition) is 4. The van der Waals surface area contributed by atoms with Gasteiger partial charge in [0.25, 0.3) is 0 Å². The van der Waals surface area contributed by atoms with Gasteiger partial charge < -0.3 is 10.6 Å². The Bertz CT molecular complexity index is 221. The minimum atomic E-state index is 0.296. The zero-order chi connectivity index (χ0) is 9.31. The van der Waals surface area contributed by atoms with Crippen molar-refractivity contribution in [2.45, 2.75) is 25.3 Å². The van der Waals surface area contributed by atoms with E-state index in [1.165, 1.54) is 24.3 Å². The molecule has 0 aromatic carbocycles. The fraction of sp³-hybridized carbons (Fsp3) is 0.889. The molecule has 3 nitrogen and oxygen atoms in total. The van der Waals surface area contributed by atoms with Crippen molar-refractivity contribution in [1.29, 1.82) is 0 Å². The third kappa shape index (κ3) is 1.41. The molecular weight excluding hydrogens is 182 g/mol. The largest absolute Gasteiger partial charge is 0.370 e. The highest BCUT2D eigenvalue weighted by molar-refractivity contribution is 7.99. The van der Waals surface area contributed by atoms with Gasteiger partial charge in [-0.25, -0.2) is 0 Å². The van der Waals surface area contributed by atoms with E-state index in [9.17, 15) is 0 Å². The molecular formula is C9H17N3S. The summed E-state index contributed by atoms with van der Waals surface area (Å²) < 4.78 is 0. The van der Waals surface area contributed by atoms with Crippen molar-refractivity contribution in [2.75, 3.05) is 24.6 Å². The molecule has 0 amide bonds. The van der Waals surface area contributed by atoms with Crippen LogP contribution in [0, 0.1) is 0 Å². The number of hydrogen-bond donors (Lipinski definition) is 1. The zero-order valence-electron chi connectivity index (χ0n) is 8.12. The lowest BCUT2D eigenvalue weighted by Gasteiger charge is -2.41. The summed E-state index contributed by atoms with van der Waals surface area (Å²) in [6.07, 6.45) is 2.49. The smallest absolute Gasteiger partial charge is 0.191 e. The summed E-state index contributed by atoms with van der Waals surface area (Å²) in [4.78, 5) is 6.67. The van der Waals surface area contributed by atoms with Crippen molar-refractivity contribution in [3.8, 4) is 0 Å². The van der Waals surface area contributed by atoms with Crippen LogP contribution in [-0.2, 0) is 0 Å². The summed E-state index contributed by atoms with van der Waals surface area (Å²) in [5.74, 6) is 3.29. The van der Waals surface area contributed by atoms with Crippen molar-refractivity contribution in [3.05, 3.63) is 0 Å². The maximum atomic E-state index is 5.86. The standard InChI is InChI=1S/C9H17N3S/c1-2-12-8(10)11-7-9(12)3-5-13-6-4-9/h2-7H2,1H3,(H2,10,11). The van der Waals surface area contributed by atoms with Crippen LogP contribution in [0.25, 0.3) is 0 Å². The molecule has 0 unspecified atom stereocenters. The Morgan fingerprint density at radius 2 is 2.23 bits per heavy atom. The summed E-state index contributed by atoms with van der Waals surface area (Å²) in [5, 5.41) is 0. The normalized spacial score (nSPS) is 26.5. The maximum absolute atomic E-state index is 5.86. The second-order valence-corrected chi connectivity index (χ2v) is 4.98. The molecule has 4 heteroatoms. The molecule has 0 atom stereocenters. The first-order chi connectivity index (χ1) is 6.28. The van der Waals surface area contributed by atoms with Crippen LogP contribution in [-0.4, -0.2) is 41.0 Å². The van der Waals surface area contributed by atoms with Crippen LogP contribution in [0.1, 0.15) is 19.8 Å². The molecule has 13 heavy (non-hydrogen) atoms. The Morgan fingerprint density at radius 1 is 1.54 bits per heavy atom. The van der Waals surface area contributed by atoms with E-state index >= 15 is 0 Å². The van der Waals surface area contributed by atoms with Gasteiger partial charge in [-0.1, -0.05) is 0 Å². The lowest BCUT2D eigenvalue weighted by molar-refractivity contribution is 0.192. The third-order valence-corrected chi connectivity index (χ3v) is 4.11. The van der Waals surface area contributed by atoms with Crippen LogP contribution in [0.15, 0.2) is 4.99 Å². The minimum absolute atomic E-state index is 0.296. The molecule has 0 radical (unpaired) electrons. The fourth-order valence-electron chi connectivity index (χ4n) is 2.32. The Kier molecular flexibility index (Phi) is 2.41. The second-order valence-electron chi connectivity index (χ2n) is 3.76. The van der Waals surface area contributed by atoms with Crippen molar-refractivity contribution in [1.82, 2.24) is 4.90 Å². The maximum Gasteiger partial charge on any atom is 0.191 e. The van der Waals surface area contributed by atoms with Crippen molar-refractivity contribution in [3.63, 3.8) is 0 Å². The quantitative estimate of drug-likeness (QED) is 0.682. The molecule has 0 aliphatic carbocycles. The number of likely N-dealkylation sites (N-methyl/N-ethyl adjacent to an activating group) is 1. The van der Waals surface area contributed by atoms with Gasteiger partial charge in [0.05, 0.1) is 12.1 Å². The molecule has 2 aliphatic rings. The van der Waals surface area contributed by atoms with E-state index in [0.29, 0.717) is 5.54 Å². The van der Waals surface area contributed by atoms with Crippen molar-refractivity contribution < 1.29 is 0 Å². The predicted octanol–water partition coefficient (Wildman–Crippen LogP) is 0.902. The van der Waals surface area contributed by atoms with Crippen molar-refractivity contribution >= 4 is 17.7 Å². The predicted molar refractivity (Wildman–Crippen MR) is 58.2 cm³/mol. The van der Waals surface area contributed by atoms with E-state index in [1.807, 2.05) is 0 Å². The van der Waals surface area contributed by atoms with Gasteiger partial charge in [-0.3, -0.25) is 4.99 Å². The third-order valence-electron chi connectivity index (χ3n) is 3.12. The van der Waals surface area contributed by atoms with Crippen LogP contribution < -0.4 is 5.73 Å². The highest BCUT2D eigenvalue weighted by Gasteiger charge is 2.41. The first-order valence-electron chi connectivity index (χ1n) is 4.94. The van der Waals surface area contributed by atoms with Gasteiger partial charge in [0.1, 0.15) is 0 Å². The van der Waals surface area contributed by atoms with E-state index in [2.05, 4.69) is 28.6 Å². The topological polar surface area (TPSA) is 41.6 Å². The SMILES string of the molecule is CCN1C(N)=NCC12CCSCC2. The van der Waals surface area contributed by atoms with Gasteiger partial charge in [-0.2, -0.15) is 11.8 Å². The fourth-order valence-corrected chi connectivity index (χ4v) is 3.57. The molecule has 2 aliphatic heterocycles. The number of rotatable bonds is 1. The van der Waals surface area contributed by atoms with E-state index in [-0.39, 0.29) is 0 Å². The highest BCUT2D eigenvalue weighted by atomic mass is 32.2. The number of guanidine groups is 1. The molecule has 1 spiro atoms. The Hall–Kier alpha value is -0.380. The molecule has 2 heterocycles. The van der Waals surface area contributed by atoms with Gasteiger partial charge in [0.15, 0.2) is 5.96 Å². The minimum Gasteiger partial charge on any atom is -0.370 e. The summed E-state index contributed by atoms with van der Waals surface area (Å²) in [6, 6.07) is 0. The van der Waals surface area contributed by atoms with E-state index in [4.69, 9.17) is 5.73 Å². The lowest BCUT2D eigenvalue weighted by Crippen LogP contribution is -2.53. The monoisotopic (exact) mass is 199 g/mol. The number of thioether (sulfide) groups is 1. The Balaban J connectivity index is 2.14. The molecule has 0 saturated carbocycles. The van der Waals surface area contributed by atoms with E-state index < -0.39 is 0 Å². The summed E-state index contributed by atoms with van der Waals surface area (Å²) in [6.45, 7) is 4.09. The van der Waals surface area contributed by atoms with Crippen LogP contribution >= 0.6 is 11.8 Å². The van der Waals surface area contributed by atoms with E-state index in [1.54, 1.807) is 0 Å². The number of nitrogens with zero attached hydrogens (tertiary/aromatic N) is 2. The van der Waals surface area contributed by atoms with Gasteiger partial charge >= 0.3 is 0 Å². The van der Waals surface area contributed by atoms with Gasteiger partial charge in [-0.05, 0) is 31.3 Å². The van der Waals surface area contributed by atoms with E-state index in [0.717, 1.165) is 19.0 Å². The molecule has 1 saturated heterocycles. The van der Waals surface area contributed by atoms with Crippen LogP contribution in [0.3, 0.4) is 0 Å². The first-order valence-corrected chi connectivity index (χ1v) is 6.09. The Labute approximate surface area is 83.8 Å². The zero-order valence-corrected chi connectivity index (χ0v) is 8.94.